The fourth-order valence-electron chi connectivity index (χ4n) is 0.823. The molecule has 0 unspecified atom stereocenters. The van der Waals surface area contributed by atoms with Crippen LogP contribution < -0.4 is 5.73 Å². The molecule has 62 valence electrons. The minimum absolute atomic E-state index is 0.427. The minimum Gasteiger partial charge on any atom is -0.312 e. The van der Waals surface area contributed by atoms with Gasteiger partial charge in [-0.1, -0.05) is 29.3 Å². The predicted octanol–water partition coefficient (Wildman–Crippen LogP) is 2.52. The van der Waals surface area contributed by atoms with Crippen molar-refractivity contribution in [3.05, 3.63) is 33.8 Å². The fraction of sp³-hybridized carbons (Fsp3) is 0.125. The van der Waals surface area contributed by atoms with Gasteiger partial charge in [-0.2, -0.15) is 5.26 Å². The monoisotopic (exact) mass is 200 g/mol. The number of rotatable bonds is 1. The Labute approximate surface area is 80.5 Å². The lowest BCUT2D eigenvalue weighted by molar-refractivity contribution is 0.926. The van der Waals surface area contributed by atoms with Crippen LogP contribution in [0, 0.1) is 11.3 Å². The summed E-state index contributed by atoms with van der Waals surface area (Å²) in [6.45, 7) is 0. The summed E-state index contributed by atoms with van der Waals surface area (Å²) >= 11 is 11.4. The predicted molar refractivity (Wildman–Crippen MR) is 49.0 cm³/mol. The first kappa shape index (κ1) is 9.34. The van der Waals surface area contributed by atoms with Crippen LogP contribution in [0.1, 0.15) is 11.6 Å². The van der Waals surface area contributed by atoms with Crippen LogP contribution >= 0.6 is 23.2 Å². The maximum absolute atomic E-state index is 8.52. The zero-order valence-electron chi connectivity index (χ0n) is 6.09. The van der Waals surface area contributed by atoms with Crippen molar-refractivity contribution in [1.29, 1.82) is 5.26 Å². The van der Waals surface area contributed by atoms with Gasteiger partial charge in [0.25, 0.3) is 0 Å². The molecule has 0 bridgehead atoms. The molecule has 2 N–H and O–H groups in total. The third-order valence-corrected chi connectivity index (χ3v) is 2.00. The zero-order valence-corrected chi connectivity index (χ0v) is 7.60. The van der Waals surface area contributed by atoms with Crippen LogP contribution in [0.3, 0.4) is 0 Å². The number of halogens is 2. The normalized spacial score (nSPS) is 12.2. The van der Waals surface area contributed by atoms with Gasteiger partial charge in [0, 0.05) is 15.6 Å². The van der Waals surface area contributed by atoms with Gasteiger partial charge >= 0.3 is 0 Å². The van der Waals surface area contributed by atoms with Gasteiger partial charge in [0.2, 0.25) is 0 Å². The second-order valence-corrected chi connectivity index (χ2v) is 3.12. The molecule has 0 saturated heterocycles. The van der Waals surface area contributed by atoms with Crippen molar-refractivity contribution in [3.63, 3.8) is 0 Å². The molecule has 0 aromatic heterocycles. The van der Waals surface area contributed by atoms with Crippen LogP contribution in [0.25, 0.3) is 0 Å². The van der Waals surface area contributed by atoms with Crippen LogP contribution in [0.15, 0.2) is 18.2 Å². The fourth-order valence-corrected chi connectivity index (χ4v) is 1.35. The average molecular weight is 201 g/mol. The molecule has 12 heavy (non-hydrogen) atoms. The smallest absolute Gasteiger partial charge is 0.120 e. The highest BCUT2D eigenvalue weighted by Crippen LogP contribution is 2.24. The molecule has 0 heterocycles. The van der Waals surface area contributed by atoms with E-state index in [1.807, 2.05) is 6.07 Å². The molecule has 0 fully saturated rings. The van der Waals surface area contributed by atoms with Crippen molar-refractivity contribution < 1.29 is 0 Å². The van der Waals surface area contributed by atoms with E-state index in [9.17, 15) is 0 Å². The molecule has 0 aliphatic rings. The lowest BCUT2D eigenvalue weighted by atomic mass is 10.1. The summed E-state index contributed by atoms with van der Waals surface area (Å²) in [5.74, 6) is 0. The molecule has 1 atom stereocenters. The summed E-state index contributed by atoms with van der Waals surface area (Å²) in [5, 5.41) is 9.48. The van der Waals surface area contributed by atoms with Gasteiger partial charge in [0.05, 0.1) is 6.07 Å². The van der Waals surface area contributed by atoms with Gasteiger partial charge in [-0.3, -0.25) is 0 Å². The van der Waals surface area contributed by atoms with Crippen LogP contribution in [0.5, 0.6) is 0 Å². The highest BCUT2D eigenvalue weighted by atomic mass is 35.5. The van der Waals surface area contributed by atoms with Crippen LogP contribution in [-0.4, -0.2) is 0 Å². The highest BCUT2D eigenvalue weighted by molar-refractivity contribution is 6.35. The first-order valence-corrected chi connectivity index (χ1v) is 4.01. The molecule has 1 rings (SSSR count). The molecule has 0 aliphatic carbocycles. The lowest BCUT2D eigenvalue weighted by Crippen LogP contribution is -2.07. The third kappa shape index (κ3) is 1.89. The molecule has 0 saturated carbocycles. The molecule has 2 nitrogen and oxygen atoms in total. The van der Waals surface area contributed by atoms with E-state index in [1.165, 1.54) is 0 Å². The molecule has 4 heteroatoms. The van der Waals surface area contributed by atoms with Crippen molar-refractivity contribution in [1.82, 2.24) is 0 Å². The van der Waals surface area contributed by atoms with Crippen molar-refractivity contribution >= 4 is 23.2 Å². The largest absolute Gasteiger partial charge is 0.312 e. The van der Waals surface area contributed by atoms with Gasteiger partial charge in [-0.25, -0.2) is 0 Å². The summed E-state index contributed by atoms with van der Waals surface area (Å²) in [6.07, 6.45) is 0. The molecule has 1 aromatic carbocycles. The van der Waals surface area contributed by atoms with Gasteiger partial charge in [0.15, 0.2) is 0 Å². The minimum atomic E-state index is -0.685. The standard InChI is InChI=1S/C8H6Cl2N2/c9-5-1-2-6(7(10)3-5)8(12)4-11/h1-3,8H,12H2/t8-/m1/s1. The maximum atomic E-state index is 8.52. The van der Waals surface area contributed by atoms with E-state index in [0.717, 1.165) is 0 Å². The Morgan fingerprint density at radius 1 is 1.42 bits per heavy atom. The Kier molecular flexibility index (Phi) is 2.93. The van der Waals surface area contributed by atoms with Crippen molar-refractivity contribution in [2.75, 3.05) is 0 Å². The first-order valence-electron chi connectivity index (χ1n) is 3.25. The van der Waals surface area contributed by atoms with E-state index < -0.39 is 6.04 Å². The number of nitrogens with two attached hydrogens (primary N) is 1. The molecule has 1 aromatic rings. The Morgan fingerprint density at radius 3 is 2.58 bits per heavy atom. The van der Waals surface area contributed by atoms with E-state index in [0.29, 0.717) is 15.6 Å². The van der Waals surface area contributed by atoms with Crippen LogP contribution in [-0.2, 0) is 0 Å². The van der Waals surface area contributed by atoms with E-state index in [4.69, 9.17) is 34.2 Å². The Bertz CT molecular complexity index is 330. The summed E-state index contributed by atoms with van der Waals surface area (Å²) < 4.78 is 0. The Hall–Kier alpha value is -0.750. The van der Waals surface area contributed by atoms with Crippen LogP contribution in [0.4, 0.5) is 0 Å². The van der Waals surface area contributed by atoms with Gasteiger partial charge < -0.3 is 5.73 Å². The first-order chi connectivity index (χ1) is 5.65. The Balaban J connectivity index is 3.11. The number of hydrogen-bond acceptors (Lipinski definition) is 2. The van der Waals surface area contributed by atoms with Crippen molar-refractivity contribution in [3.8, 4) is 6.07 Å². The molecular weight excluding hydrogens is 195 g/mol. The quantitative estimate of drug-likeness (QED) is 0.758. The second-order valence-electron chi connectivity index (χ2n) is 2.27. The van der Waals surface area contributed by atoms with E-state index in [1.54, 1.807) is 18.2 Å². The topological polar surface area (TPSA) is 49.8 Å². The molecular formula is C8H6Cl2N2. The summed E-state index contributed by atoms with van der Waals surface area (Å²) in [5.41, 5.74) is 6.06. The third-order valence-electron chi connectivity index (χ3n) is 1.44. The molecule has 0 amide bonds. The van der Waals surface area contributed by atoms with Gasteiger partial charge in [0.1, 0.15) is 6.04 Å². The number of benzene rings is 1. The van der Waals surface area contributed by atoms with E-state index >= 15 is 0 Å². The van der Waals surface area contributed by atoms with Gasteiger partial charge in [-0.15, -0.1) is 0 Å². The maximum Gasteiger partial charge on any atom is 0.120 e. The molecule has 0 radical (unpaired) electrons. The average Bonchev–Trinajstić information content (AvgIpc) is 2.03. The van der Waals surface area contributed by atoms with Gasteiger partial charge in [-0.05, 0) is 12.1 Å². The van der Waals surface area contributed by atoms with E-state index in [2.05, 4.69) is 0 Å². The van der Waals surface area contributed by atoms with Crippen molar-refractivity contribution in [2.24, 2.45) is 5.73 Å². The SMILES string of the molecule is N#C[C@@H](N)c1ccc(Cl)cc1Cl. The number of nitrogens with zero attached hydrogens (tertiary/aromatic N) is 1. The van der Waals surface area contributed by atoms with Crippen LogP contribution in [0.2, 0.25) is 10.0 Å². The zero-order chi connectivity index (χ0) is 9.14. The lowest BCUT2D eigenvalue weighted by Gasteiger charge is -2.05. The summed E-state index contributed by atoms with van der Waals surface area (Å²) in [6, 6.07) is 6.08. The molecule has 0 aliphatic heterocycles. The highest BCUT2D eigenvalue weighted by Gasteiger charge is 2.08. The van der Waals surface area contributed by atoms with Crippen molar-refractivity contribution in [2.45, 2.75) is 6.04 Å². The Morgan fingerprint density at radius 2 is 2.08 bits per heavy atom. The molecule has 0 spiro atoms. The summed E-state index contributed by atoms with van der Waals surface area (Å²) in [4.78, 5) is 0. The number of nitriles is 1. The number of hydrogen-bond donors (Lipinski definition) is 1. The van der Waals surface area contributed by atoms with E-state index in [-0.39, 0.29) is 0 Å². The summed E-state index contributed by atoms with van der Waals surface area (Å²) in [7, 11) is 0. The second kappa shape index (κ2) is 3.77.